The largest absolute Gasteiger partial charge is 0.492 e. The molecule has 7 heteroatoms. The lowest BCUT2D eigenvalue weighted by atomic mass is 10.1. The van der Waals surface area contributed by atoms with Crippen LogP contribution in [0.1, 0.15) is 18.5 Å². The van der Waals surface area contributed by atoms with E-state index in [1.807, 2.05) is 58.2 Å². The Balaban J connectivity index is 2.00. The number of para-hydroxylation sites is 2. The maximum atomic E-state index is 12.3. The van der Waals surface area contributed by atoms with Crippen molar-refractivity contribution in [2.75, 3.05) is 51.6 Å². The highest BCUT2D eigenvalue weighted by Gasteiger charge is 2.22. The molecule has 0 radical (unpaired) electrons. The summed E-state index contributed by atoms with van der Waals surface area (Å²) in [4.78, 5) is 27.8. The maximum absolute atomic E-state index is 12.3. The van der Waals surface area contributed by atoms with Gasteiger partial charge in [-0.2, -0.15) is 0 Å². The summed E-state index contributed by atoms with van der Waals surface area (Å²) in [6.07, 6.45) is 0. The van der Waals surface area contributed by atoms with Crippen LogP contribution in [0.4, 0.5) is 11.4 Å². The van der Waals surface area contributed by atoms with E-state index in [-0.39, 0.29) is 6.04 Å². The van der Waals surface area contributed by atoms with Crippen LogP contribution >= 0.6 is 0 Å². The monoisotopic (exact) mass is 399 g/mol. The first kappa shape index (κ1) is 22.2. The molecule has 0 saturated carbocycles. The number of quaternary nitrogens is 1. The molecule has 0 heterocycles. The smallest absolute Gasteiger partial charge is 0.313 e. The number of amides is 2. The summed E-state index contributed by atoms with van der Waals surface area (Å²) in [6, 6.07) is 15.3. The summed E-state index contributed by atoms with van der Waals surface area (Å²) < 4.78 is 5.48. The molecule has 0 aliphatic heterocycles. The lowest BCUT2D eigenvalue weighted by Gasteiger charge is -2.23. The minimum Gasteiger partial charge on any atom is -0.492 e. The molecule has 2 amide bonds. The van der Waals surface area contributed by atoms with Gasteiger partial charge in [0.2, 0.25) is 0 Å². The number of rotatable bonds is 8. The van der Waals surface area contributed by atoms with Crippen molar-refractivity contribution >= 4 is 23.2 Å². The van der Waals surface area contributed by atoms with Crippen LogP contribution in [-0.4, -0.2) is 53.2 Å². The molecule has 0 aliphatic carbocycles. The van der Waals surface area contributed by atoms with Crippen LogP contribution in [0.2, 0.25) is 0 Å². The Labute approximate surface area is 172 Å². The average molecular weight is 400 g/mol. The zero-order valence-corrected chi connectivity index (χ0v) is 17.8. The van der Waals surface area contributed by atoms with E-state index < -0.39 is 11.8 Å². The standard InChI is InChI=1S/C22H30N4O3/c1-6-29-20-10-8-7-9-18(20)24-22(28)21(27)23-15-19(26(4)5)16-11-13-17(14-12-16)25(2)3/h7-14,19H,6,15H2,1-5H3,(H,23,27)(H,24,28)/p+1/t19-/m1/s1. The summed E-state index contributed by atoms with van der Waals surface area (Å²) in [6.45, 7) is 2.68. The molecule has 0 spiro atoms. The Morgan fingerprint density at radius 3 is 2.28 bits per heavy atom. The molecule has 2 aromatic rings. The van der Waals surface area contributed by atoms with E-state index in [1.165, 1.54) is 0 Å². The molecule has 0 bridgehead atoms. The van der Waals surface area contributed by atoms with Crippen LogP contribution in [0.25, 0.3) is 0 Å². The first-order valence-corrected chi connectivity index (χ1v) is 9.71. The Kier molecular flexibility index (Phi) is 8.03. The van der Waals surface area contributed by atoms with Gasteiger partial charge in [0.05, 0.1) is 32.9 Å². The number of nitrogens with one attached hydrogen (secondary N) is 3. The second-order valence-electron chi connectivity index (χ2n) is 7.21. The van der Waals surface area contributed by atoms with E-state index in [9.17, 15) is 9.59 Å². The summed E-state index contributed by atoms with van der Waals surface area (Å²) in [5.74, 6) is -0.854. The highest BCUT2D eigenvalue weighted by Crippen LogP contribution is 2.23. The van der Waals surface area contributed by atoms with Gasteiger partial charge in [-0.1, -0.05) is 24.3 Å². The fourth-order valence-electron chi connectivity index (χ4n) is 2.97. The van der Waals surface area contributed by atoms with E-state index in [0.29, 0.717) is 24.6 Å². The van der Waals surface area contributed by atoms with Crippen molar-refractivity contribution in [1.82, 2.24) is 5.32 Å². The third kappa shape index (κ3) is 6.22. The Hall–Kier alpha value is -3.06. The van der Waals surface area contributed by atoms with Crippen molar-refractivity contribution in [3.8, 4) is 5.75 Å². The fourth-order valence-corrected chi connectivity index (χ4v) is 2.97. The van der Waals surface area contributed by atoms with Crippen molar-refractivity contribution in [2.24, 2.45) is 0 Å². The SMILES string of the molecule is CCOc1ccccc1NC(=O)C(=O)NC[C@H](c1ccc(N(C)C)cc1)[NH+](C)C. The van der Waals surface area contributed by atoms with E-state index >= 15 is 0 Å². The van der Waals surface area contributed by atoms with Gasteiger partial charge in [0.15, 0.2) is 0 Å². The van der Waals surface area contributed by atoms with Gasteiger partial charge in [-0.3, -0.25) is 9.59 Å². The first-order chi connectivity index (χ1) is 13.8. The molecular formula is C22H31N4O3+. The van der Waals surface area contributed by atoms with Crippen molar-refractivity contribution in [3.63, 3.8) is 0 Å². The van der Waals surface area contributed by atoms with Gasteiger partial charge in [0, 0.05) is 25.3 Å². The summed E-state index contributed by atoms with van der Waals surface area (Å²) in [5.41, 5.74) is 2.68. The quantitative estimate of drug-likeness (QED) is 0.581. The molecular weight excluding hydrogens is 368 g/mol. The van der Waals surface area contributed by atoms with Crippen molar-refractivity contribution in [1.29, 1.82) is 0 Å². The van der Waals surface area contributed by atoms with E-state index in [1.54, 1.807) is 18.2 Å². The molecule has 0 aliphatic rings. The number of carbonyl (C=O) groups excluding carboxylic acids is 2. The van der Waals surface area contributed by atoms with Crippen LogP contribution < -0.4 is 25.2 Å². The molecule has 7 nitrogen and oxygen atoms in total. The number of carbonyl (C=O) groups is 2. The van der Waals surface area contributed by atoms with E-state index in [2.05, 4.69) is 22.8 Å². The highest BCUT2D eigenvalue weighted by atomic mass is 16.5. The van der Waals surface area contributed by atoms with Gasteiger partial charge < -0.3 is 25.2 Å². The zero-order valence-electron chi connectivity index (χ0n) is 17.8. The van der Waals surface area contributed by atoms with Gasteiger partial charge in [0.25, 0.3) is 0 Å². The highest BCUT2D eigenvalue weighted by molar-refractivity contribution is 6.39. The van der Waals surface area contributed by atoms with E-state index in [4.69, 9.17) is 4.74 Å². The van der Waals surface area contributed by atoms with Gasteiger partial charge in [-0.25, -0.2) is 0 Å². The summed E-state index contributed by atoms with van der Waals surface area (Å²) in [7, 11) is 8.03. The molecule has 0 aromatic heterocycles. The van der Waals surface area contributed by atoms with Crippen LogP contribution in [0.5, 0.6) is 5.75 Å². The fraction of sp³-hybridized carbons (Fsp3) is 0.364. The van der Waals surface area contributed by atoms with Gasteiger partial charge in [-0.15, -0.1) is 0 Å². The second-order valence-corrected chi connectivity index (χ2v) is 7.21. The predicted molar refractivity (Wildman–Crippen MR) is 116 cm³/mol. The van der Waals surface area contributed by atoms with Crippen molar-refractivity contribution < 1.29 is 19.2 Å². The Morgan fingerprint density at radius 1 is 1.03 bits per heavy atom. The van der Waals surface area contributed by atoms with E-state index in [0.717, 1.165) is 16.2 Å². The topological polar surface area (TPSA) is 75.1 Å². The number of likely N-dealkylation sites (N-methyl/N-ethyl adjacent to an activating group) is 1. The van der Waals surface area contributed by atoms with Gasteiger partial charge >= 0.3 is 11.8 Å². The normalized spacial score (nSPS) is 11.7. The molecule has 3 N–H and O–H groups in total. The van der Waals surface area contributed by atoms with Crippen LogP contribution in [-0.2, 0) is 9.59 Å². The molecule has 2 aromatic carbocycles. The molecule has 1 atom stereocenters. The summed E-state index contributed by atoms with van der Waals surface area (Å²) >= 11 is 0. The Morgan fingerprint density at radius 2 is 1.69 bits per heavy atom. The lowest BCUT2D eigenvalue weighted by Crippen LogP contribution is -3.07. The third-order valence-electron chi connectivity index (χ3n) is 4.62. The van der Waals surface area contributed by atoms with Crippen molar-refractivity contribution in [2.45, 2.75) is 13.0 Å². The first-order valence-electron chi connectivity index (χ1n) is 9.71. The van der Waals surface area contributed by atoms with Crippen LogP contribution in [0, 0.1) is 0 Å². The van der Waals surface area contributed by atoms with Gasteiger partial charge in [0.1, 0.15) is 11.8 Å². The minimum absolute atomic E-state index is 0.0265. The lowest BCUT2D eigenvalue weighted by molar-refractivity contribution is -0.890. The summed E-state index contributed by atoms with van der Waals surface area (Å²) in [5, 5.41) is 5.37. The van der Waals surface area contributed by atoms with Crippen LogP contribution in [0.15, 0.2) is 48.5 Å². The number of nitrogens with zero attached hydrogens (tertiary/aromatic N) is 1. The van der Waals surface area contributed by atoms with Crippen molar-refractivity contribution in [3.05, 3.63) is 54.1 Å². The average Bonchev–Trinajstić information content (AvgIpc) is 2.69. The maximum Gasteiger partial charge on any atom is 0.313 e. The molecule has 2 rings (SSSR count). The number of benzene rings is 2. The second kappa shape index (κ2) is 10.5. The Bertz CT molecular complexity index is 819. The molecule has 0 saturated heterocycles. The third-order valence-corrected chi connectivity index (χ3v) is 4.62. The van der Waals surface area contributed by atoms with Crippen LogP contribution in [0.3, 0.4) is 0 Å². The molecule has 0 fully saturated rings. The minimum atomic E-state index is -0.715. The molecule has 156 valence electrons. The zero-order chi connectivity index (χ0) is 21.4. The predicted octanol–water partition coefficient (Wildman–Crippen LogP) is 1.09. The molecule has 0 unspecified atom stereocenters. The number of hydrogen-bond donors (Lipinski definition) is 3. The number of ether oxygens (including phenoxy) is 1. The number of anilines is 2. The number of hydrogen-bond acceptors (Lipinski definition) is 4. The van der Waals surface area contributed by atoms with Gasteiger partial charge in [-0.05, 0) is 31.2 Å². The molecule has 29 heavy (non-hydrogen) atoms.